The summed E-state index contributed by atoms with van der Waals surface area (Å²) in [7, 11) is 1.88. The Hall–Kier alpha value is -2.84. The molecular weight excluding hydrogens is 310 g/mol. The van der Waals surface area contributed by atoms with Crippen LogP contribution in [0, 0.1) is 11.3 Å². The van der Waals surface area contributed by atoms with E-state index in [1.54, 1.807) is 16.9 Å². The Labute approximate surface area is 139 Å². The normalized spacial score (nSPS) is 11.7. The maximum atomic E-state index is 8.84. The molecular formula is C17H14ClN5. The highest BCUT2D eigenvalue weighted by atomic mass is 35.5. The van der Waals surface area contributed by atoms with E-state index in [4.69, 9.17) is 16.9 Å². The van der Waals surface area contributed by atoms with E-state index in [1.165, 1.54) is 0 Å². The van der Waals surface area contributed by atoms with Gasteiger partial charge in [0.1, 0.15) is 11.8 Å². The van der Waals surface area contributed by atoms with Gasteiger partial charge in [0.15, 0.2) is 0 Å². The molecule has 0 amide bonds. The summed E-state index contributed by atoms with van der Waals surface area (Å²) in [6, 6.07) is 15.0. The predicted molar refractivity (Wildman–Crippen MR) is 89.1 cm³/mol. The van der Waals surface area contributed by atoms with Crippen LogP contribution in [0.25, 0.3) is 0 Å². The van der Waals surface area contributed by atoms with Crippen molar-refractivity contribution in [1.29, 1.82) is 5.26 Å². The number of nitriles is 1. The Morgan fingerprint density at radius 1 is 1.17 bits per heavy atom. The third-order valence-electron chi connectivity index (χ3n) is 3.42. The lowest BCUT2D eigenvalue weighted by Gasteiger charge is -2.18. The maximum Gasteiger partial charge on any atom is 0.140 e. The summed E-state index contributed by atoms with van der Waals surface area (Å²) in [4.78, 5) is 4.09. The van der Waals surface area contributed by atoms with Crippen molar-refractivity contribution < 1.29 is 0 Å². The van der Waals surface area contributed by atoms with Crippen molar-refractivity contribution in [2.24, 2.45) is 7.05 Å². The van der Waals surface area contributed by atoms with Gasteiger partial charge in [-0.3, -0.25) is 4.68 Å². The number of hydrogen-bond acceptors (Lipinski definition) is 4. The fraction of sp³-hybridized carbons (Fsp3) is 0.118. The Morgan fingerprint density at radius 3 is 2.52 bits per heavy atom. The molecule has 5 nitrogen and oxygen atoms in total. The molecule has 1 N–H and O–H groups in total. The highest BCUT2D eigenvalue weighted by Crippen LogP contribution is 2.26. The van der Waals surface area contributed by atoms with Crippen LogP contribution in [0.1, 0.15) is 23.0 Å². The molecule has 114 valence electrons. The second kappa shape index (κ2) is 6.51. The number of aryl methyl sites for hydroxylation is 1. The molecule has 6 heteroatoms. The molecule has 23 heavy (non-hydrogen) atoms. The molecule has 0 saturated heterocycles. The van der Waals surface area contributed by atoms with Gasteiger partial charge in [0, 0.05) is 18.3 Å². The number of nitrogens with one attached hydrogen (secondary N) is 1. The Morgan fingerprint density at radius 2 is 1.96 bits per heavy atom. The summed E-state index contributed by atoms with van der Waals surface area (Å²) < 4.78 is 1.76. The van der Waals surface area contributed by atoms with E-state index in [1.807, 2.05) is 55.7 Å². The lowest BCUT2D eigenvalue weighted by Crippen LogP contribution is -2.13. The van der Waals surface area contributed by atoms with Crippen molar-refractivity contribution in [3.05, 3.63) is 76.8 Å². The topological polar surface area (TPSA) is 66.5 Å². The average molecular weight is 324 g/mol. The van der Waals surface area contributed by atoms with Gasteiger partial charge in [0.25, 0.3) is 0 Å². The summed E-state index contributed by atoms with van der Waals surface area (Å²) in [5.41, 5.74) is 3.13. The van der Waals surface area contributed by atoms with Crippen molar-refractivity contribution in [3.63, 3.8) is 0 Å². The molecule has 0 aliphatic carbocycles. The second-order valence-corrected chi connectivity index (χ2v) is 5.52. The zero-order valence-corrected chi connectivity index (χ0v) is 13.2. The molecule has 0 spiro atoms. The van der Waals surface area contributed by atoms with Gasteiger partial charge in [0.05, 0.1) is 23.6 Å². The summed E-state index contributed by atoms with van der Waals surface area (Å²) >= 11 is 5.98. The van der Waals surface area contributed by atoms with Crippen LogP contribution in [0.2, 0.25) is 5.02 Å². The Balaban J connectivity index is 1.94. The van der Waals surface area contributed by atoms with Gasteiger partial charge in [-0.15, -0.1) is 0 Å². The van der Waals surface area contributed by atoms with Gasteiger partial charge in [-0.25, -0.2) is 4.98 Å². The van der Waals surface area contributed by atoms with Crippen LogP contribution in [-0.4, -0.2) is 14.8 Å². The van der Waals surface area contributed by atoms with Gasteiger partial charge < -0.3 is 5.32 Å². The van der Waals surface area contributed by atoms with Gasteiger partial charge in [-0.1, -0.05) is 23.7 Å². The number of hydrogen-bond donors (Lipinski definition) is 1. The smallest absolute Gasteiger partial charge is 0.140 e. The highest BCUT2D eigenvalue weighted by molar-refractivity contribution is 6.30. The Bertz CT molecular complexity index is 831. The number of aromatic nitrogens is 3. The number of rotatable bonds is 4. The van der Waals surface area contributed by atoms with E-state index >= 15 is 0 Å². The van der Waals surface area contributed by atoms with Gasteiger partial charge in [-0.05, 0) is 35.9 Å². The van der Waals surface area contributed by atoms with Gasteiger partial charge in [0.2, 0.25) is 0 Å². The molecule has 2 aromatic heterocycles. The van der Waals surface area contributed by atoms with Crippen LogP contribution >= 0.6 is 11.6 Å². The first-order valence-electron chi connectivity index (χ1n) is 7.03. The van der Waals surface area contributed by atoms with Crippen molar-refractivity contribution in [3.8, 4) is 6.07 Å². The second-order valence-electron chi connectivity index (χ2n) is 5.09. The molecule has 2 heterocycles. The third-order valence-corrected chi connectivity index (χ3v) is 3.67. The lowest BCUT2D eigenvalue weighted by atomic mass is 10.0. The van der Waals surface area contributed by atoms with E-state index in [0.717, 1.165) is 16.9 Å². The molecule has 0 aliphatic rings. The first kappa shape index (κ1) is 15.1. The van der Waals surface area contributed by atoms with E-state index < -0.39 is 0 Å². The van der Waals surface area contributed by atoms with Crippen molar-refractivity contribution >= 4 is 17.3 Å². The molecule has 3 rings (SSSR count). The van der Waals surface area contributed by atoms with Crippen LogP contribution in [0.3, 0.4) is 0 Å². The monoisotopic (exact) mass is 323 g/mol. The molecule has 0 fully saturated rings. The third kappa shape index (κ3) is 3.50. The van der Waals surface area contributed by atoms with E-state index in [-0.39, 0.29) is 6.04 Å². The largest absolute Gasteiger partial charge is 0.371 e. The molecule has 0 bridgehead atoms. The minimum Gasteiger partial charge on any atom is -0.371 e. The molecule has 3 aromatic rings. The summed E-state index contributed by atoms with van der Waals surface area (Å²) in [6.07, 6.45) is 3.54. The van der Waals surface area contributed by atoms with Crippen LogP contribution in [0.15, 0.2) is 54.9 Å². The van der Waals surface area contributed by atoms with Gasteiger partial charge in [-0.2, -0.15) is 10.4 Å². The molecule has 0 aliphatic heterocycles. The number of benzene rings is 1. The van der Waals surface area contributed by atoms with Crippen molar-refractivity contribution in [2.75, 3.05) is 5.32 Å². The fourth-order valence-corrected chi connectivity index (χ4v) is 2.41. The first-order chi connectivity index (χ1) is 11.2. The SMILES string of the molecule is Cn1ccc([C@@H](Nc2ccc(C#N)nc2)c2ccc(Cl)cc2)n1. The molecule has 0 unspecified atom stereocenters. The highest BCUT2D eigenvalue weighted by Gasteiger charge is 2.17. The van der Waals surface area contributed by atoms with Crippen LogP contribution in [0.4, 0.5) is 5.69 Å². The van der Waals surface area contributed by atoms with Crippen LogP contribution in [0.5, 0.6) is 0 Å². The van der Waals surface area contributed by atoms with E-state index in [0.29, 0.717) is 10.7 Å². The zero-order valence-electron chi connectivity index (χ0n) is 12.4. The molecule has 0 saturated carbocycles. The quantitative estimate of drug-likeness (QED) is 0.797. The van der Waals surface area contributed by atoms with Crippen LogP contribution in [-0.2, 0) is 7.05 Å². The number of anilines is 1. The zero-order chi connectivity index (χ0) is 16.2. The maximum absolute atomic E-state index is 8.84. The number of halogens is 1. The van der Waals surface area contributed by atoms with Gasteiger partial charge >= 0.3 is 0 Å². The fourth-order valence-electron chi connectivity index (χ4n) is 2.28. The summed E-state index contributed by atoms with van der Waals surface area (Å²) in [5.74, 6) is 0. The molecule has 1 aromatic carbocycles. The van der Waals surface area contributed by atoms with Crippen molar-refractivity contribution in [1.82, 2.24) is 14.8 Å². The first-order valence-corrected chi connectivity index (χ1v) is 7.41. The van der Waals surface area contributed by atoms with E-state index in [2.05, 4.69) is 15.4 Å². The van der Waals surface area contributed by atoms with Crippen LogP contribution < -0.4 is 5.32 Å². The minimum atomic E-state index is -0.136. The number of nitrogens with zero attached hydrogens (tertiary/aromatic N) is 4. The Kier molecular flexibility index (Phi) is 4.26. The lowest BCUT2D eigenvalue weighted by molar-refractivity contribution is 0.729. The van der Waals surface area contributed by atoms with Crippen molar-refractivity contribution in [2.45, 2.75) is 6.04 Å². The minimum absolute atomic E-state index is 0.136. The standard InChI is InChI=1S/C17H14ClN5/c1-23-9-8-16(22-23)17(12-2-4-13(18)5-3-12)21-15-7-6-14(10-19)20-11-15/h2-9,11,17,21H,1H3/t17-/m0/s1. The molecule has 0 radical (unpaired) electrons. The summed E-state index contributed by atoms with van der Waals surface area (Å²) in [5, 5.41) is 17.4. The average Bonchev–Trinajstić information content (AvgIpc) is 3.00. The number of pyridine rings is 1. The predicted octanol–water partition coefficient (Wildman–Crippen LogP) is 3.54. The molecule has 1 atom stereocenters. The van der Waals surface area contributed by atoms with E-state index in [9.17, 15) is 0 Å². The summed E-state index contributed by atoms with van der Waals surface area (Å²) in [6.45, 7) is 0.